The summed E-state index contributed by atoms with van der Waals surface area (Å²) < 4.78 is 13.7. The maximum atomic E-state index is 13.7. The lowest BCUT2D eigenvalue weighted by molar-refractivity contribution is -0.118. The van der Waals surface area contributed by atoms with Gasteiger partial charge in [0.2, 0.25) is 4.87 Å². The largest absolute Gasteiger partial charge is 0.323 e. The molecule has 0 aliphatic carbocycles. The van der Waals surface area contributed by atoms with Gasteiger partial charge >= 0.3 is 0 Å². The molecule has 0 bridgehead atoms. The Bertz CT molecular complexity index is 1080. The van der Waals surface area contributed by atoms with Crippen LogP contribution in [-0.4, -0.2) is 15.9 Å². The number of aromatic nitrogens is 1. The number of thioether (sulfide) groups is 1. The number of nitrogens with one attached hydrogen (secondary N) is 2. The Kier molecular flexibility index (Phi) is 2.90. The van der Waals surface area contributed by atoms with Crippen molar-refractivity contribution < 1.29 is 9.18 Å². The Morgan fingerprint density at radius 1 is 1.12 bits per heavy atom. The normalized spacial score (nSPS) is 21.2. The number of fused-ring (bicyclic) bond motifs is 3. The lowest BCUT2D eigenvalue weighted by Crippen LogP contribution is -2.39. The molecule has 122 valence electrons. The van der Waals surface area contributed by atoms with E-state index in [-0.39, 0.29) is 11.7 Å². The Morgan fingerprint density at radius 2 is 2.04 bits per heavy atom. The number of pyridine rings is 1. The lowest BCUT2D eigenvalue weighted by Gasteiger charge is -2.19. The standard InChI is InChI=1S/C18H11FN4OS/c19-12-4-6-15-13(9-12)18(17(24)21-15)23-22-16(25-18)11-3-5-14-10(8-11)2-1-7-20-14/h1-9,23H,(H,21,24). The number of amides is 1. The highest BCUT2D eigenvalue weighted by Gasteiger charge is 2.52. The summed E-state index contributed by atoms with van der Waals surface area (Å²) in [6.07, 6.45) is 1.74. The second-order valence-electron chi connectivity index (χ2n) is 5.87. The van der Waals surface area contributed by atoms with E-state index in [2.05, 4.69) is 20.8 Å². The van der Waals surface area contributed by atoms with Gasteiger partial charge < -0.3 is 5.32 Å². The van der Waals surface area contributed by atoms with Crippen LogP contribution in [0.15, 0.2) is 59.8 Å². The van der Waals surface area contributed by atoms with E-state index < -0.39 is 4.87 Å². The zero-order chi connectivity index (χ0) is 17.0. The smallest absolute Gasteiger partial charge is 0.267 e. The quantitative estimate of drug-likeness (QED) is 0.707. The Morgan fingerprint density at radius 3 is 2.96 bits per heavy atom. The van der Waals surface area contributed by atoms with E-state index in [1.165, 1.54) is 23.9 Å². The van der Waals surface area contributed by atoms with Gasteiger partial charge in [-0.3, -0.25) is 15.2 Å². The number of anilines is 1. The van der Waals surface area contributed by atoms with E-state index in [1.807, 2.05) is 30.3 Å². The van der Waals surface area contributed by atoms with Crippen molar-refractivity contribution in [3.63, 3.8) is 0 Å². The van der Waals surface area contributed by atoms with Crippen LogP contribution in [-0.2, 0) is 9.67 Å². The highest BCUT2D eigenvalue weighted by molar-refractivity contribution is 8.16. The predicted octanol–water partition coefficient (Wildman–Crippen LogP) is 3.18. The van der Waals surface area contributed by atoms with Crippen LogP contribution in [0.25, 0.3) is 10.9 Å². The molecule has 1 amide bonds. The molecule has 5 nitrogen and oxygen atoms in total. The van der Waals surface area contributed by atoms with E-state index in [9.17, 15) is 9.18 Å². The molecule has 25 heavy (non-hydrogen) atoms. The summed E-state index contributed by atoms with van der Waals surface area (Å²) in [7, 11) is 0. The number of hydrazone groups is 1. The van der Waals surface area contributed by atoms with Crippen LogP contribution in [0.3, 0.4) is 0 Å². The maximum Gasteiger partial charge on any atom is 0.267 e. The van der Waals surface area contributed by atoms with Crippen LogP contribution in [0.4, 0.5) is 10.1 Å². The molecular formula is C18H11FN4OS. The van der Waals surface area contributed by atoms with Gasteiger partial charge in [-0.2, -0.15) is 5.10 Å². The number of halogens is 1. The number of rotatable bonds is 1. The molecule has 1 aromatic heterocycles. The molecule has 0 saturated carbocycles. The fourth-order valence-corrected chi connectivity index (χ4v) is 4.25. The van der Waals surface area contributed by atoms with E-state index in [4.69, 9.17) is 0 Å². The molecule has 2 aliphatic heterocycles. The van der Waals surface area contributed by atoms with Crippen LogP contribution >= 0.6 is 11.8 Å². The second kappa shape index (κ2) is 5.03. The van der Waals surface area contributed by atoms with Gasteiger partial charge in [0.15, 0.2) is 0 Å². The number of nitrogens with zero attached hydrogens (tertiary/aromatic N) is 2. The van der Waals surface area contributed by atoms with Crippen molar-refractivity contribution in [1.29, 1.82) is 0 Å². The van der Waals surface area contributed by atoms with E-state index in [0.717, 1.165) is 16.5 Å². The molecule has 1 unspecified atom stereocenters. The van der Waals surface area contributed by atoms with Gasteiger partial charge in [0.25, 0.3) is 5.91 Å². The molecule has 2 aliphatic rings. The first-order chi connectivity index (χ1) is 12.2. The van der Waals surface area contributed by atoms with Gasteiger partial charge in [-0.15, -0.1) is 0 Å². The molecule has 5 rings (SSSR count). The molecule has 0 fully saturated rings. The SMILES string of the molecule is O=C1Nc2ccc(F)cc2C12NN=C(c1ccc3ncccc3c1)S2. The molecule has 0 radical (unpaired) electrons. The Labute approximate surface area is 146 Å². The lowest BCUT2D eigenvalue weighted by atomic mass is 10.1. The topological polar surface area (TPSA) is 66.4 Å². The molecule has 1 atom stereocenters. The number of hydrogen-bond acceptors (Lipinski definition) is 5. The van der Waals surface area contributed by atoms with Gasteiger partial charge in [0, 0.05) is 28.4 Å². The third-order valence-electron chi connectivity index (χ3n) is 4.34. The Hall–Kier alpha value is -2.93. The number of carbonyl (C=O) groups excluding carboxylic acids is 1. The summed E-state index contributed by atoms with van der Waals surface area (Å²) in [5, 5.41) is 8.81. The maximum absolute atomic E-state index is 13.7. The minimum Gasteiger partial charge on any atom is -0.323 e. The highest BCUT2D eigenvalue weighted by atomic mass is 32.2. The van der Waals surface area contributed by atoms with Crippen LogP contribution < -0.4 is 10.7 Å². The molecule has 7 heteroatoms. The Balaban J connectivity index is 1.55. The number of benzene rings is 2. The fourth-order valence-electron chi connectivity index (χ4n) is 3.11. The van der Waals surface area contributed by atoms with Crippen molar-refractivity contribution in [2.45, 2.75) is 4.87 Å². The third kappa shape index (κ3) is 2.05. The fraction of sp³-hybridized carbons (Fsp3) is 0.0556. The van der Waals surface area contributed by atoms with E-state index in [0.29, 0.717) is 16.3 Å². The van der Waals surface area contributed by atoms with Crippen LogP contribution in [0.2, 0.25) is 0 Å². The van der Waals surface area contributed by atoms with Crippen molar-refractivity contribution in [3.05, 3.63) is 71.7 Å². The first-order valence-corrected chi connectivity index (χ1v) is 8.48. The first-order valence-electron chi connectivity index (χ1n) is 7.66. The van der Waals surface area contributed by atoms with Crippen LogP contribution in [0, 0.1) is 5.82 Å². The highest BCUT2D eigenvalue weighted by Crippen LogP contribution is 2.48. The molecule has 3 heterocycles. The second-order valence-corrected chi connectivity index (χ2v) is 7.07. The summed E-state index contributed by atoms with van der Waals surface area (Å²) >= 11 is 1.28. The molecular weight excluding hydrogens is 339 g/mol. The molecule has 2 N–H and O–H groups in total. The van der Waals surface area contributed by atoms with Crippen molar-refractivity contribution in [1.82, 2.24) is 10.4 Å². The van der Waals surface area contributed by atoms with Crippen LogP contribution in [0.5, 0.6) is 0 Å². The summed E-state index contributed by atoms with van der Waals surface area (Å²) in [6.45, 7) is 0. The van der Waals surface area contributed by atoms with Gasteiger partial charge in [-0.05, 0) is 36.4 Å². The summed E-state index contributed by atoms with van der Waals surface area (Å²) in [6, 6.07) is 13.9. The summed E-state index contributed by atoms with van der Waals surface area (Å²) in [5.74, 6) is -0.637. The number of carbonyl (C=O) groups is 1. The van der Waals surface area contributed by atoms with Crippen molar-refractivity contribution in [3.8, 4) is 0 Å². The van der Waals surface area contributed by atoms with Crippen molar-refractivity contribution in [2.75, 3.05) is 5.32 Å². The van der Waals surface area contributed by atoms with Crippen molar-refractivity contribution in [2.24, 2.45) is 5.10 Å². The predicted molar refractivity (Wildman–Crippen MR) is 95.7 cm³/mol. The zero-order valence-corrected chi connectivity index (χ0v) is 13.6. The van der Waals surface area contributed by atoms with E-state index >= 15 is 0 Å². The van der Waals surface area contributed by atoms with Gasteiger partial charge in [-0.25, -0.2) is 4.39 Å². The zero-order valence-electron chi connectivity index (χ0n) is 12.8. The molecule has 1 spiro atoms. The average molecular weight is 350 g/mol. The first kappa shape index (κ1) is 14.4. The van der Waals surface area contributed by atoms with Crippen molar-refractivity contribution >= 4 is 39.3 Å². The minimum absolute atomic E-state index is 0.251. The molecule has 2 aromatic carbocycles. The van der Waals surface area contributed by atoms with Crippen LogP contribution in [0.1, 0.15) is 11.1 Å². The number of hydrogen-bond donors (Lipinski definition) is 2. The van der Waals surface area contributed by atoms with Gasteiger partial charge in [0.05, 0.1) is 5.52 Å². The van der Waals surface area contributed by atoms with E-state index in [1.54, 1.807) is 12.3 Å². The molecule has 0 saturated heterocycles. The monoisotopic (exact) mass is 350 g/mol. The third-order valence-corrected chi connectivity index (χ3v) is 5.67. The van der Waals surface area contributed by atoms with Gasteiger partial charge in [-0.1, -0.05) is 23.9 Å². The average Bonchev–Trinajstić information content (AvgIpc) is 3.19. The minimum atomic E-state index is -1.13. The summed E-state index contributed by atoms with van der Waals surface area (Å²) in [5.41, 5.74) is 5.85. The summed E-state index contributed by atoms with van der Waals surface area (Å²) in [4.78, 5) is 15.7. The molecule has 3 aromatic rings. The van der Waals surface area contributed by atoms with Gasteiger partial charge in [0.1, 0.15) is 10.9 Å².